The van der Waals surface area contributed by atoms with Crippen LogP contribution < -0.4 is 9.47 Å². The second kappa shape index (κ2) is 13.0. The van der Waals surface area contributed by atoms with Crippen molar-refractivity contribution in [1.29, 1.82) is 0 Å². The van der Waals surface area contributed by atoms with Crippen molar-refractivity contribution >= 4 is 11.9 Å². The van der Waals surface area contributed by atoms with Crippen molar-refractivity contribution in [1.82, 2.24) is 4.90 Å². The molecule has 2 aromatic carbocycles. The smallest absolute Gasteiger partial charge is 0.384 e. The maximum absolute atomic E-state index is 13.9. The number of aryl methyl sites for hydroxylation is 2. The van der Waals surface area contributed by atoms with E-state index >= 15 is 0 Å². The van der Waals surface area contributed by atoms with Crippen molar-refractivity contribution in [2.75, 3.05) is 34.4 Å². The minimum atomic E-state index is -4.82. The predicted molar refractivity (Wildman–Crippen MR) is 123 cm³/mol. The number of hydrogen-bond donors (Lipinski definition) is 1. The number of ether oxygens (including phenoxy) is 3. The van der Waals surface area contributed by atoms with E-state index in [1.807, 2.05) is 36.4 Å². The molecule has 0 aliphatic heterocycles. The number of nitrogens with zero attached hydrogens (tertiary/aromatic N) is 1. The number of rotatable bonds is 14. The molecule has 1 unspecified atom stereocenters. The van der Waals surface area contributed by atoms with Gasteiger partial charge in [-0.15, -0.1) is 0 Å². The third-order valence-electron chi connectivity index (χ3n) is 5.19. The first-order chi connectivity index (χ1) is 16.5. The monoisotopic (exact) mass is 497 g/mol. The van der Waals surface area contributed by atoms with Gasteiger partial charge in [-0.3, -0.25) is 0 Å². The lowest BCUT2D eigenvalue weighted by Gasteiger charge is -2.24. The van der Waals surface area contributed by atoms with E-state index < -0.39 is 30.1 Å². The van der Waals surface area contributed by atoms with Crippen LogP contribution in [0.25, 0.3) is 0 Å². The molecule has 0 aliphatic rings. The van der Waals surface area contributed by atoms with Crippen molar-refractivity contribution in [3.63, 3.8) is 0 Å². The molecule has 192 valence electrons. The summed E-state index contributed by atoms with van der Waals surface area (Å²) in [6, 6.07) is 14.8. The van der Waals surface area contributed by atoms with E-state index in [1.54, 1.807) is 38.2 Å². The lowest BCUT2D eigenvalue weighted by Crippen LogP contribution is -2.46. The van der Waals surface area contributed by atoms with Crippen LogP contribution in [-0.4, -0.2) is 74.5 Å². The molecule has 7 nitrogen and oxygen atoms in total. The van der Waals surface area contributed by atoms with Crippen LogP contribution >= 0.6 is 0 Å². The van der Waals surface area contributed by atoms with Crippen LogP contribution in [0.2, 0.25) is 0 Å². The van der Waals surface area contributed by atoms with Gasteiger partial charge in [-0.25, -0.2) is 14.0 Å². The standard InChI is InChI=1S/C25H30F3NO6/c1-29(2)14-13-20(35-24(32)25(27,28)22(26)23(30)31)16-34-21-10-5-4-8-18(21)12-11-17-7-6-9-19(15-17)33-3/h4-10,15,20,22H,11-14,16H2,1-3H3,(H,30,31)/t20?,22-/m1/s1. The molecule has 0 bridgehead atoms. The predicted octanol–water partition coefficient (Wildman–Crippen LogP) is 3.78. The van der Waals surface area contributed by atoms with Gasteiger partial charge in [0, 0.05) is 13.0 Å². The number of para-hydroxylation sites is 1. The van der Waals surface area contributed by atoms with E-state index in [0.29, 0.717) is 25.1 Å². The number of carbonyl (C=O) groups is 2. The van der Waals surface area contributed by atoms with Crippen LogP contribution in [0.15, 0.2) is 48.5 Å². The van der Waals surface area contributed by atoms with E-state index in [-0.39, 0.29) is 13.0 Å². The Bertz CT molecular complexity index is 985. The molecule has 0 aromatic heterocycles. The number of carboxylic acids is 1. The summed E-state index contributed by atoms with van der Waals surface area (Å²) >= 11 is 0. The summed E-state index contributed by atoms with van der Waals surface area (Å²) in [5.41, 5.74) is 1.91. The molecule has 0 radical (unpaired) electrons. The van der Waals surface area contributed by atoms with E-state index in [4.69, 9.17) is 19.3 Å². The number of carboxylic acid groups (broad SMARTS) is 1. The molecule has 0 heterocycles. The van der Waals surface area contributed by atoms with Crippen molar-refractivity contribution < 1.29 is 42.1 Å². The molecular weight excluding hydrogens is 467 g/mol. The Morgan fingerprint density at radius 3 is 2.46 bits per heavy atom. The minimum Gasteiger partial charge on any atom is -0.497 e. The van der Waals surface area contributed by atoms with E-state index in [1.165, 1.54) is 0 Å². The van der Waals surface area contributed by atoms with Gasteiger partial charge >= 0.3 is 17.9 Å². The van der Waals surface area contributed by atoms with Gasteiger partial charge in [0.05, 0.1) is 7.11 Å². The third-order valence-corrected chi connectivity index (χ3v) is 5.19. The van der Waals surface area contributed by atoms with Crippen LogP contribution in [0.1, 0.15) is 17.5 Å². The molecular formula is C25H30F3NO6. The van der Waals surface area contributed by atoms with Crippen LogP contribution in [0, 0.1) is 0 Å². The quantitative estimate of drug-likeness (QED) is 0.398. The van der Waals surface area contributed by atoms with Crippen molar-refractivity contribution in [3.8, 4) is 11.5 Å². The highest BCUT2D eigenvalue weighted by atomic mass is 19.3. The molecule has 0 spiro atoms. The zero-order valence-electron chi connectivity index (χ0n) is 19.9. The van der Waals surface area contributed by atoms with E-state index in [9.17, 15) is 22.8 Å². The largest absolute Gasteiger partial charge is 0.497 e. The number of methoxy groups -OCH3 is 1. The first-order valence-corrected chi connectivity index (χ1v) is 11.0. The van der Waals surface area contributed by atoms with E-state index in [0.717, 1.165) is 16.9 Å². The summed E-state index contributed by atoms with van der Waals surface area (Å²) in [5, 5.41) is 8.52. The number of carbonyl (C=O) groups excluding carboxylic acids is 1. The fraction of sp³-hybridized carbons (Fsp3) is 0.440. The number of esters is 1. The van der Waals surface area contributed by atoms with Gasteiger partial charge in [0.25, 0.3) is 6.17 Å². The molecule has 2 aromatic rings. The fourth-order valence-corrected chi connectivity index (χ4v) is 3.21. The van der Waals surface area contributed by atoms with Gasteiger partial charge in [-0.1, -0.05) is 30.3 Å². The Hall–Kier alpha value is -3.27. The summed E-state index contributed by atoms with van der Waals surface area (Å²) in [5.74, 6) is -8.28. The number of benzene rings is 2. The lowest BCUT2D eigenvalue weighted by molar-refractivity contribution is -0.194. The SMILES string of the molecule is COc1cccc(CCc2ccccc2OCC(CCN(C)C)OC(=O)C(F)(F)[C@H](F)C(=O)O)c1. The van der Waals surface area contributed by atoms with Gasteiger partial charge in [0.1, 0.15) is 24.2 Å². The third kappa shape index (κ3) is 8.47. The Balaban J connectivity index is 2.08. The normalized spacial score (nSPS) is 13.2. The molecule has 2 atom stereocenters. The summed E-state index contributed by atoms with van der Waals surface area (Å²) in [4.78, 5) is 24.2. The molecule has 0 saturated heterocycles. The molecule has 0 aliphatic carbocycles. The first-order valence-electron chi connectivity index (χ1n) is 11.0. The zero-order chi connectivity index (χ0) is 26.0. The summed E-state index contributed by atoms with van der Waals surface area (Å²) in [6.07, 6.45) is -3.43. The van der Waals surface area contributed by atoms with Crippen LogP contribution in [0.5, 0.6) is 11.5 Å². The Labute approximate surface area is 202 Å². The lowest BCUT2D eigenvalue weighted by atomic mass is 10.0. The van der Waals surface area contributed by atoms with Gasteiger partial charge in [0.2, 0.25) is 0 Å². The van der Waals surface area contributed by atoms with Gasteiger partial charge < -0.3 is 24.2 Å². The van der Waals surface area contributed by atoms with Gasteiger partial charge in [0.15, 0.2) is 0 Å². The zero-order valence-corrected chi connectivity index (χ0v) is 19.9. The topological polar surface area (TPSA) is 85.3 Å². The summed E-state index contributed by atoms with van der Waals surface area (Å²) < 4.78 is 57.0. The second-order valence-electron chi connectivity index (χ2n) is 8.21. The molecule has 2 rings (SSSR count). The maximum atomic E-state index is 13.9. The number of alkyl halides is 3. The average Bonchev–Trinajstić information content (AvgIpc) is 2.84. The molecule has 1 N–H and O–H groups in total. The van der Waals surface area contributed by atoms with Gasteiger partial charge in [-0.2, -0.15) is 8.78 Å². The molecule has 0 saturated carbocycles. The number of halogens is 3. The average molecular weight is 498 g/mol. The second-order valence-corrected chi connectivity index (χ2v) is 8.21. The molecule has 10 heteroatoms. The highest BCUT2D eigenvalue weighted by Gasteiger charge is 2.54. The Morgan fingerprint density at radius 1 is 1.09 bits per heavy atom. The van der Waals surface area contributed by atoms with Crippen LogP contribution in [0.4, 0.5) is 13.2 Å². The number of aliphatic carboxylic acids is 1. The van der Waals surface area contributed by atoms with Crippen molar-refractivity contribution in [2.45, 2.75) is 37.5 Å². The van der Waals surface area contributed by atoms with Crippen molar-refractivity contribution in [2.24, 2.45) is 0 Å². The Morgan fingerprint density at radius 2 is 1.80 bits per heavy atom. The molecule has 35 heavy (non-hydrogen) atoms. The van der Waals surface area contributed by atoms with Crippen LogP contribution in [-0.2, 0) is 27.2 Å². The summed E-state index contributed by atoms with van der Waals surface area (Å²) in [7, 11) is 5.07. The maximum Gasteiger partial charge on any atom is 0.384 e. The Kier molecular flexibility index (Phi) is 10.4. The summed E-state index contributed by atoms with van der Waals surface area (Å²) in [6.45, 7) is 0.0954. The van der Waals surface area contributed by atoms with Crippen LogP contribution in [0.3, 0.4) is 0 Å². The molecule has 0 amide bonds. The van der Waals surface area contributed by atoms with Crippen molar-refractivity contribution in [3.05, 3.63) is 59.7 Å². The highest BCUT2D eigenvalue weighted by Crippen LogP contribution is 2.26. The highest BCUT2D eigenvalue weighted by molar-refractivity contribution is 5.87. The minimum absolute atomic E-state index is 0.116. The van der Waals surface area contributed by atoms with E-state index in [2.05, 4.69) is 0 Å². The first kappa shape index (κ1) is 28.0. The molecule has 0 fully saturated rings. The fourth-order valence-electron chi connectivity index (χ4n) is 3.21. The number of hydrogen-bond acceptors (Lipinski definition) is 6. The van der Waals surface area contributed by atoms with Gasteiger partial charge in [-0.05, 0) is 56.3 Å².